The minimum atomic E-state index is 1.04. The number of hydrogen-bond donors (Lipinski definition) is 1. The fourth-order valence-electron chi connectivity index (χ4n) is 2.42. The van der Waals surface area contributed by atoms with Crippen LogP contribution in [0, 0.1) is 6.92 Å². The molecule has 1 aromatic heterocycles. The van der Waals surface area contributed by atoms with Crippen LogP contribution in [-0.2, 0) is 13.1 Å². The SMILES string of the molecule is CCCNCc1cc(CN2CCCSCC2)c(C)s1. The van der Waals surface area contributed by atoms with Gasteiger partial charge >= 0.3 is 0 Å². The Morgan fingerprint density at radius 2 is 2.21 bits per heavy atom. The van der Waals surface area contributed by atoms with E-state index >= 15 is 0 Å². The van der Waals surface area contributed by atoms with Crippen molar-refractivity contribution in [2.24, 2.45) is 0 Å². The second-order valence-electron chi connectivity index (χ2n) is 5.21. The van der Waals surface area contributed by atoms with Gasteiger partial charge in [0, 0.05) is 35.1 Å². The zero-order valence-corrected chi connectivity index (χ0v) is 13.8. The number of nitrogens with one attached hydrogen (secondary N) is 1. The maximum Gasteiger partial charge on any atom is 0.0299 e. The van der Waals surface area contributed by atoms with Gasteiger partial charge in [0.15, 0.2) is 0 Å². The Balaban J connectivity index is 1.88. The molecule has 0 bridgehead atoms. The van der Waals surface area contributed by atoms with Crippen molar-refractivity contribution < 1.29 is 0 Å². The molecule has 0 aromatic carbocycles. The molecular weight excluding hydrogens is 272 g/mol. The van der Waals surface area contributed by atoms with Crippen LogP contribution in [-0.4, -0.2) is 36.0 Å². The molecule has 0 unspecified atom stereocenters. The van der Waals surface area contributed by atoms with Gasteiger partial charge < -0.3 is 5.32 Å². The van der Waals surface area contributed by atoms with Gasteiger partial charge in [-0.3, -0.25) is 4.90 Å². The Labute approximate surface area is 126 Å². The number of hydrogen-bond acceptors (Lipinski definition) is 4. The lowest BCUT2D eigenvalue weighted by molar-refractivity contribution is 0.287. The Morgan fingerprint density at radius 3 is 3.05 bits per heavy atom. The Hall–Kier alpha value is -0.0300. The molecule has 0 amide bonds. The first-order valence-corrected chi connectivity index (χ1v) is 9.35. The Kier molecular flexibility index (Phi) is 6.71. The minimum Gasteiger partial charge on any atom is -0.312 e. The largest absolute Gasteiger partial charge is 0.312 e. The number of thiophene rings is 1. The molecule has 2 rings (SSSR count). The van der Waals surface area contributed by atoms with E-state index in [1.807, 2.05) is 11.3 Å². The van der Waals surface area contributed by atoms with Gasteiger partial charge in [-0.1, -0.05) is 6.92 Å². The molecule has 1 aliphatic rings. The maximum absolute atomic E-state index is 3.50. The highest BCUT2D eigenvalue weighted by Crippen LogP contribution is 2.24. The predicted octanol–water partition coefficient (Wildman–Crippen LogP) is 3.50. The van der Waals surface area contributed by atoms with Crippen LogP contribution in [0.15, 0.2) is 6.07 Å². The molecule has 0 aliphatic carbocycles. The van der Waals surface area contributed by atoms with Crippen LogP contribution in [0.3, 0.4) is 0 Å². The van der Waals surface area contributed by atoms with Gasteiger partial charge in [-0.2, -0.15) is 11.8 Å². The summed E-state index contributed by atoms with van der Waals surface area (Å²) < 4.78 is 0. The van der Waals surface area contributed by atoms with Crippen LogP contribution in [0.4, 0.5) is 0 Å². The number of rotatable bonds is 6. The van der Waals surface area contributed by atoms with E-state index in [0.29, 0.717) is 0 Å². The summed E-state index contributed by atoms with van der Waals surface area (Å²) >= 11 is 4.07. The topological polar surface area (TPSA) is 15.3 Å². The lowest BCUT2D eigenvalue weighted by Gasteiger charge is -2.19. The van der Waals surface area contributed by atoms with Crippen molar-refractivity contribution in [3.8, 4) is 0 Å². The van der Waals surface area contributed by atoms with E-state index in [9.17, 15) is 0 Å². The molecule has 0 spiro atoms. The first-order chi connectivity index (χ1) is 9.29. The van der Waals surface area contributed by atoms with Gasteiger partial charge in [0.1, 0.15) is 0 Å². The molecule has 0 atom stereocenters. The van der Waals surface area contributed by atoms with E-state index in [-0.39, 0.29) is 0 Å². The molecule has 1 saturated heterocycles. The predicted molar refractivity (Wildman–Crippen MR) is 88.3 cm³/mol. The average molecular weight is 299 g/mol. The van der Waals surface area contributed by atoms with Gasteiger partial charge in [0.2, 0.25) is 0 Å². The van der Waals surface area contributed by atoms with Crippen molar-refractivity contribution >= 4 is 23.1 Å². The maximum atomic E-state index is 3.50. The van der Waals surface area contributed by atoms with Crippen LogP contribution in [0.1, 0.15) is 35.1 Å². The van der Waals surface area contributed by atoms with Crippen molar-refractivity contribution in [3.63, 3.8) is 0 Å². The second-order valence-corrected chi connectivity index (χ2v) is 7.78. The van der Waals surface area contributed by atoms with E-state index in [4.69, 9.17) is 0 Å². The van der Waals surface area contributed by atoms with E-state index in [1.165, 1.54) is 47.2 Å². The van der Waals surface area contributed by atoms with E-state index < -0.39 is 0 Å². The number of nitrogens with zero attached hydrogens (tertiary/aromatic N) is 1. The molecule has 4 heteroatoms. The van der Waals surface area contributed by atoms with Crippen LogP contribution < -0.4 is 5.32 Å². The van der Waals surface area contributed by atoms with Gasteiger partial charge in [-0.05, 0) is 50.2 Å². The fourth-order valence-corrected chi connectivity index (χ4v) is 4.36. The Morgan fingerprint density at radius 1 is 1.32 bits per heavy atom. The summed E-state index contributed by atoms with van der Waals surface area (Å²) in [6.07, 6.45) is 2.56. The van der Waals surface area contributed by atoms with Crippen molar-refractivity contribution in [3.05, 3.63) is 21.4 Å². The Bertz CT molecular complexity index is 368. The van der Waals surface area contributed by atoms with Crippen LogP contribution >= 0.6 is 23.1 Å². The monoisotopic (exact) mass is 298 g/mol. The lowest BCUT2D eigenvalue weighted by Crippen LogP contribution is -2.25. The van der Waals surface area contributed by atoms with Gasteiger partial charge in [0.05, 0.1) is 0 Å². The summed E-state index contributed by atoms with van der Waals surface area (Å²) in [5.74, 6) is 2.64. The first-order valence-electron chi connectivity index (χ1n) is 7.38. The van der Waals surface area contributed by atoms with Crippen molar-refractivity contribution in [2.75, 3.05) is 31.1 Å². The third-order valence-electron chi connectivity index (χ3n) is 3.51. The molecule has 0 saturated carbocycles. The summed E-state index contributed by atoms with van der Waals surface area (Å²) in [5, 5.41) is 3.50. The van der Waals surface area contributed by atoms with Gasteiger partial charge in [0.25, 0.3) is 0 Å². The fraction of sp³-hybridized carbons (Fsp3) is 0.733. The first kappa shape index (κ1) is 15.4. The second kappa shape index (κ2) is 8.30. The number of aryl methyl sites for hydroxylation is 1. The molecule has 2 nitrogen and oxygen atoms in total. The molecular formula is C15H26N2S2. The van der Waals surface area contributed by atoms with Crippen molar-refractivity contribution in [1.82, 2.24) is 10.2 Å². The van der Waals surface area contributed by atoms with Gasteiger partial charge in [-0.25, -0.2) is 0 Å². The molecule has 2 heterocycles. The van der Waals surface area contributed by atoms with Gasteiger partial charge in [-0.15, -0.1) is 11.3 Å². The van der Waals surface area contributed by atoms with Crippen LogP contribution in [0.25, 0.3) is 0 Å². The summed E-state index contributed by atoms with van der Waals surface area (Å²) in [7, 11) is 0. The molecule has 108 valence electrons. The third kappa shape index (κ3) is 5.10. The summed E-state index contributed by atoms with van der Waals surface area (Å²) in [5.41, 5.74) is 1.55. The molecule has 1 fully saturated rings. The summed E-state index contributed by atoms with van der Waals surface area (Å²) in [6.45, 7) is 10.3. The third-order valence-corrected chi connectivity index (χ3v) is 5.65. The average Bonchev–Trinajstić information content (AvgIpc) is 2.61. The smallest absolute Gasteiger partial charge is 0.0299 e. The van der Waals surface area contributed by atoms with E-state index in [0.717, 1.165) is 19.6 Å². The molecule has 1 aromatic rings. The number of thioether (sulfide) groups is 1. The highest BCUT2D eigenvalue weighted by Gasteiger charge is 2.12. The lowest BCUT2D eigenvalue weighted by atomic mass is 10.2. The minimum absolute atomic E-state index is 1.04. The molecule has 0 radical (unpaired) electrons. The molecule has 1 aliphatic heterocycles. The normalized spacial score (nSPS) is 17.6. The van der Waals surface area contributed by atoms with Crippen LogP contribution in [0.2, 0.25) is 0 Å². The van der Waals surface area contributed by atoms with E-state index in [2.05, 4.69) is 41.9 Å². The van der Waals surface area contributed by atoms with E-state index in [1.54, 1.807) is 5.56 Å². The zero-order chi connectivity index (χ0) is 13.5. The van der Waals surface area contributed by atoms with Crippen LogP contribution in [0.5, 0.6) is 0 Å². The highest BCUT2D eigenvalue weighted by atomic mass is 32.2. The quantitative estimate of drug-likeness (QED) is 0.809. The molecule has 1 N–H and O–H groups in total. The highest BCUT2D eigenvalue weighted by molar-refractivity contribution is 7.99. The zero-order valence-electron chi connectivity index (χ0n) is 12.2. The van der Waals surface area contributed by atoms with Crippen molar-refractivity contribution in [2.45, 2.75) is 39.8 Å². The standard InChI is InChI=1S/C15H26N2S2/c1-3-5-16-11-15-10-14(13(2)19-15)12-17-6-4-8-18-9-7-17/h10,16H,3-9,11-12H2,1-2H3. The van der Waals surface area contributed by atoms with Crippen molar-refractivity contribution in [1.29, 1.82) is 0 Å². The summed E-state index contributed by atoms with van der Waals surface area (Å²) in [6, 6.07) is 2.42. The summed E-state index contributed by atoms with van der Waals surface area (Å²) in [4.78, 5) is 5.62. The molecule has 19 heavy (non-hydrogen) atoms.